The van der Waals surface area contributed by atoms with Gasteiger partial charge in [-0.05, 0) is 75.4 Å². The number of aromatic nitrogens is 1. The summed E-state index contributed by atoms with van der Waals surface area (Å²) in [5.41, 5.74) is 1.20. The maximum atomic E-state index is 12.8. The van der Waals surface area contributed by atoms with Gasteiger partial charge in [-0.2, -0.15) is 0 Å². The predicted molar refractivity (Wildman–Crippen MR) is 127 cm³/mol. The molecule has 0 unspecified atom stereocenters. The van der Waals surface area contributed by atoms with Crippen molar-refractivity contribution in [1.29, 1.82) is 0 Å². The van der Waals surface area contributed by atoms with Gasteiger partial charge in [0.25, 0.3) is 0 Å². The second-order valence-corrected chi connectivity index (χ2v) is 8.43. The fraction of sp³-hybridized carbons (Fsp3) is 0.480. The summed E-state index contributed by atoms with van der Waals surface area (Å²) in [7, 11) is 0. The SMILES string of the molecule is CCOC(=O)c1ccc(N2CCCN(C(=O)Nc3ccc(OC4CCCC4)cc3)CC2)nc1. The predicted octanol–water partition coefficient (Wildman–Crippen LogP) is 4.32. The van der Waals surface area contributed by atoms with E-state index < -0.39 is 0 Å². The Labute approximate surface area is 194 Å². The number of anilines is 2. The molecular weight excluding hydrogens is 420 g/mol. The number of hydrogen-bond acceptors (Lipinski definition) is 6. The molecule has 0 radical (unpaired) electrons. The van der Waals surface area contributed by atoms with E-state index in [-0.39, 0.29) is 12.0 Å². The summed E-state index contributed by atoms with van der Waals surface area (Å²) in [5, 5.41) is 2.99. The van der Waals surface area contributed by atoms with Crippen molar-refractivity contribution < 1.29 is 19.1 Å². The van der Waals surface area contributed by atoms with Gasteiger partial charge in [-0.25, -0.2) is 14.6 Å². The molecule has 1 aliphatic heterocycles. The number of nitrogens with one attached hydrogen (secondary N) is 1. The van der Waals surface area contributed by atoms with Gasteiger partial charge in [0.2, 0.25) is 0 Å². The zero-order valence-electron chi connectivity index (χ0n) is 19.2. The Bertz CT molecular complexity index is 926. The molecule has 2 amide bonds. The minimum atomic E-state index is -0.367. The molecule has 8 heteroatoms. The monoisotopic (exact) mass is 452 g/mol. The van der Waals surface area contributed by atoms with E-state index in [1.54, 1.807) is 19.2 Å². The molecule has 0 atom stereocenters. The third kappa shape index (κ3) is 6.15. The zero-order chi connectivity index (χ0) is 23.0. The summed E-state index contributed by atoms with van der Waals surface area (Å²) in [6.07, 6.45) is 7.42. The lowest BCUT2D eigenvalue weighted by Gasteiger charge is -2.23. The Morgan fingerprint density at radius 1 is 1.00 bits per heavy atom. The third-order valence-corrected chi connectivity index (χ3v) is 6.08. The molecule has 2 aliphatic rings. The van der Waals surface area contributed by atoms with Crippen LogP contribution in [-0.2, 0) is 4.74 Å². The van der Waals surface area contributed by atoms with E-state index >= 15 is 0 Å². The van der Waals surface area contributed by atoms with Crippen molar-refractivity contribution in [2.24, 2.45) is 0 Å². The molecule has 2 aromatic rings. The summed E-state index contributed by atoms with van der Waals surface area (Å²) in [6.45, 7) is 4.85. The molecule has 4 rings (SSSR count). The van der Waals surface area contributed by atoms with Crippen LogP contribution in [0.3, 0.4) is 0 Å². The van der Waals surface area contributed by atoms with E-state index in [9.17, 15) is 9.59 Å². The van der Waals surface area contributed by atoms with E-state index in [4.69, 9.17) is 9.47 Å². The molecule has 1 aromatic heterocycles. The van der Waals surface area contributed by atoms with Gasteiger partial charge in [0.05, 0.1) is 18.3 Å². The van der Waals surface area contributed by atoms with Crippen molar-refractivity contribution in [1.82, 2.24) is 9.88 Å². The number of benzene rings is 1. The van der Waals surface area contributed by atoms with E-state index in [2.05, 4.69) is 15.2 Å². The van der Waals surface area contributed by atoms with Crippen LogP contribution in [0.25, 0.3) is 0 Å². The number of esters is 1. The molecule has 2 heterocycles. The molecule has 0 spiro atoms. The lowest BCUT2D eigenvalue weighted by molar-refractivity contribution is 0.0526. The Morgan fingerprint density at radius 2 is 1.79 bits per heavy atom. The van der Waals surface area contributed by atoms with Crippen LogP contribution >= 0.6 is 0 Å². The Morgan fingerprint density at radius 3 is 2.48 bits per heavy atom. The Hall–Kier alpha value is -3.29. The Kier molecular flexibility index (Phi) is 7.65. The van der Waals surface area contributed by atoms with Gasteiger partial charge in [-0.3, -0.25) is 0 Å². The lowest BCUT2D eigenvalue weighted by Crippen LogP contribution is -2.38. The van der Waals surface area contributed by atoms with Gasteiger partial charge in [0, 0.05) is 38.1 Å². The summed E-state index contributed by atoms with van der Waals surface area (Å²) in [6, 6.07) is 11.1. The van der Waals surface area contributed by atoms with Crippen molar-refractivity contribution in [3.63, 3.8) is 0 Å². The number of nitrogens with zero attached hydrogens (tertiary/aromatic N) is 3. The van der Waals surface area contributed by atoms with Crippen LogP contribution in [0.15, 0.2) is 42.6 Å². The largest absolute Gasteiger partial charge is 0.490 e. The lowest BCUT2D eigenvalue weighted by atomic mass is 10.2. The number of carbonyl (C=O) groups excluding carboxylic acids is 2. The molecule has 0 bridgehead atoms. The molecule has 1 saturated heterocycles. The van der Waals surface area contributed by atoms with E-state index in [0.717, 1.165) is 43.1 Å². The van der Waals surface area contributed by atoms with Gasteiger partial charge in [0.15, 0.2) is 0 Å². The number of rotatable bonds is 6. The van der Waals surface area contributed by atoms with Gasteiger partial charge >= 0.3 is 12.0 Å². The highest BCUT2D eigenvalue weighted by Crippen LogP contribution is 2.25. The standard InChI is InChI=1S/C25H32N4O4/c1-2-32-24(30)19-8-13-23(26-18-19)28-14-5-15-29(17-16-28)25(31)27-20-9-11-22(12-10-20)33-21-6-3-4-7-21/h8-13,18,21H,2-7,14-17H2,1H3,(H,27,31). The van der Waals surface area contributed by atoms with Crippen LogP contribution in [0.4, 0.5) is 16.3 Å². The molecule has 8 nitrogen and oxygen atoms in total. The van der Waals surface area contributed by atoms with Crippen molar-refractivity contribution in [3.05, 3.63) is 48.2 Å². The van der Waals surface area contributed by atoms with Gasteiger partial charge in [-0.1, -0.05) is 0 Å². The zero-order valence-corrected chi connectivity index (χ0v) is 19.2. The average molecular weight is 453 g/mol. The number of pyridine rings is 1. The van der Waals surface area contributed by atoms with E-state index in [0.29, 0.717) is 37.9 Å². The van der Waals surface area contributed by atoms with Crippen LogP contribution in [0.5, 0.6) is 5.75 Å². The van der Waals surface area contributed by atoms with Gasteiger partial charge in [-0.15, -0.1) is 0 Å². The van der Waals surface area contributed by atoms with Crippen LogP contribution in [0, 0.1) is 0 Å². The first-order chi connectivity index (χ1) is 16.1. The molecule has 1 N–H and O–H groups in total. The number of urea groups is 1. The van der Waals surface area contributed by atoms with E-state index in [1.165, 1.54) is 12.8 Å². The first kappa shape index (κ1) is 22.9. The first-order valence-corrected chi connectivity index (χ1v) is 11.8. The second-order valence-electron chi connectivity index (χ2n) is 8.43. The topological polar surface area (TPSA) is 84.0 Å². The summed E-state index contributed by atoms with van der Waals surface area (Å²) in [5.74, 6) is 1.28. The van der Waals surface area contributed by atoms with Crippen molar-refractivity contribution in [2.45, 2.75) is 45.1 Å². The maximum absolute atomic E-state index is 12.8. The molecule has 2 fully saturated rings. The Balaban J connectivity index is 1.28. The number of ether oxygens (including phenoxy) is 2. The van der Waals surface area contributed by atoms with Crippen LogP contribution < -0.4 is 15.0 Å². The molecule has 1 aromatic carbocycles. The fourth-order valence-corrected chi connectivity index (χ4v) is 4.28. The maximum Gasteiger partial charge on any atom is 0.339 e. The van der Waals surface area contributed by atoms with Crippen LogP contribution in [0.1, 0.15) is 49.4 Å². The van der Waals surface area contributed by atoms with Crippen molar-refractivity contribution in [3.8, 4) is 5.75 Å². The summed E-state index contributed by atoms with van der Waals surface area (Å²) < 4.78 is 11.0. The molecule has 1 aliphatic carbocycles. The van der Waals surface area contributed by atoms with E-state index in [1.807, 2.05) is 35.2 Å². The van der Waals surface area contributed by atoms with Crippen molar-refractivity contribution >= 4 is 23.5 Å². The molecule has 33 heavy (non-hydrogen) atoms. The number of carbonyl (C=O) groups is 2. The number of amides is 2. The molecule has 1 saturated carbocycles. The minimum absolute atomic E-state index is 0.105. The van der Waals surface area contributed by atoms with Crippen LogP contribution in [-0.4, -0.2) is 60.8 Å². The highest BCUT2D eigenvalue weighted by molar-refractivity contribution is 5.90. The number of hydrogen-bond donors (Lipinski definition) is 1. The smallest absolute Gasteiger partial charge is 0.339 e. The molecule has 176 valence electrons. The normalized spacial score (nSPS) is 16.9. The quantitative estimate of drug-likeness (QED) is 0.657. The van der Waals surface area contributed by atoms with Gasteiger partial charge in [0.1, 0.15) is 11.6 Å². The highest BCUT2D eigenvalue weighted by Gasteiger charge is 2.21. The summed E-state index contributed by atoms with van der Waals surface area (Å²) in [4.78, 5) is 33.0. The highest BCUT2D eigenvalue weighted by atomic mass is 16.5. The fourth-order valence-electron chi connectivity index (χ4n) is 4.28. The molecular formula is C25H32N4O4. The average Bonchev–Trinajstić information content (AvgIpc) is 3.21. The minimum Gasteiger partial charge on any atom is -0.490 e. The van der Waals surface area contributed by atoms with Gasteiger partial charge < -0.3 is 24.6 Å². The summed E-state index contributed by atoms with van der Waals surface area (Å²) >= 11 is 0. The van der Waals surface area contributed by atoms with Crippen LogP contribution in [0.2, 0.25) is 0 Å². The third-order valence-electron chi connectivity index (χ3n) is 6.08. The second kappa shape index (κ2) is 11.0. The van der Waals surface area contributed by atoms with Crippen molar-refractivity contribution in [2.75, 3.05) is 43.0 Å². The first-order valence-electron chi connectivity index (χ1n) is 11.8.